The molecule has 128 valence electrons. The Morgan fingerprint density at radius 1 is 1.08 bits per heavy atom. The summed E-state index contributed by atoms with van der Waals surface area (Å²) in [5, 5.41) is 3.60. The number of para-hydroxylation sites is 2. The van der Waals surface area contributed by atoms with Gasteiger partial charge in [-0.05, 0) is 37.7 Å². The first-order chi connectivity index (χ1) is 11.6. The lowest BCUT2D eigenvalue weighted by molar-refractivity contribution is -0.117. The molecule has 2 aromatic carbocycles. The highest BCUT2D eigenvalue weighted by Gasteiger charge is 2.11. The fourth-order valence-electron chi connectivity index (χ4n) is 2.16. The summed E-state index contributed by atoms with van der Waals surface area (Å²) in [6, 6.07) is 14.8. The molecule has 1 amide bonds. The first-order valence-electron chi connectivity index (χ1n) is 7.66. The van der Waals surface area contributed by atoms with Crippen LogP contribution in [0.1, 0.15) is 6.42 Å². The molecule has 0 saturated carbocycles. The Hall–Kier alpha value is -1.75. The average Bonchev–Trinajstić information content (AvgIpc) is 2.56. The van der Waals surface area contributed by atoms with Crippen LogP contribution in [0.2, 0.25) is 10.0 Å². The first kappa shape index (κ1) is 18.6. The smallest absolute Gasteiger partial charge is 0.238 e. The van der Waals surface area contributed by atoms with Gasteiger partial charge < -0.3 is 10.1 Å². The SMILES string of the molecule is CN(CCCOc1ccccc1)CC(=O)Nc1c(Cl)cccc1Cl. The Morgan fingerprint density at radius 2 is 1.75 bits per heavy atom. The van der Waals surface area contributed by atoms with Gasteiger partial charge in [-0.25, -0.2) is 0 Å². The molecule has 2 aromatic rings. The van der Waals surface area contributed by atoms with Crippen molar-refractivity contribution >= 4 is 34.8 Å². The zero-order valence-electron chi connectivity index (χ0n) is 13.5. The number of benzene rings is 2. The molecule has 2 rings (SSSR count). The highest BCUT2D eigenvalue weighted by Crippen LogP contribution is 2.29. The average molecular weight is 367 g/mol. The normalized spacial score (nSPS) is 10.7. The van der Waals surface area contributed by atoms with Gasteiger partial charge in [0.2, 0.25) is 5.91 Å². The van der Waals surface area contributed by atoms with Gasteiger partial charge in [-0.2, -0.15) is 0 Å². The van der Waals surface area contributed by atoms with E-state index in [4.69, 9.17) is 27.9 Å². The minimum atomic E-state index is -0.156. The number of nitrogens with one attached hydrogen (secondary N) is 1. The van der Waals surface area contributed by atoms with Gasteiger partial charge in [0.05, 0.1) is 28.9 Å². The van der Waals surface area contributed by atoms with Crippen molar-refractivity contribution in [3.8, 4) is 5.75 Å². The van der Waals surface area contributed by atoms with Gasteiger partial charge in [0.25, 0.3) is 0 Å². The lowest BCUT2D eigenvalue weighted by Crippen LogP contribution is -2.31. The number of anilines is 1. The van der Waals surface area contributed by atoms with Crippen molar-refractivity contribution in [2.24, 2.45) is 0 Å². The molecular weight excluding hydrogens is 347 g/mol. The highest BCUT2D eigenvalue weighted by atomic mass is 35.5. The van der Waals surface area contributed by atoms with Gasteiger partial charge in [-0.15, -0.1) is 0 Å². The van der Waals surface area contributed by atoms with E-state index < -0.39 is 0 Å². The number of hydrogen-bond donors (Lipinski definition) is 1. The fraction of sp³-hybridized carbons (Fsp3) is 0.278. The second-order valence-corrected chi connectivity index (χ2v) is 6.21. The van der Waals surface area contributed by atoms with Gasteiger partial charge >= 0.3 is 0 Å². The van der Waals surface area contributed by atoms with E-state index in [0.717, 1.165) is 18.7 Å². The van der Waals surface area contributed by atoms with Crippen LogP contribution in [0, 0.1) is 0 Å². The van der Waals surface area contributed by atoms with Gasteiger partial charge in [-0.1, -0.05) is 47.5 Å². The Balaban J connectivity index is 1.70. The van der Waals surface area contributed by atoms with Crippen LogP contribution in [0.3, 0.4) is 0 Å². The van der Waals surface area contributed by atoms with Crippen molar-refractivity contribution in [3.05, 3.63) is 58.6 Å². The van der Waals surface area contributed by atoms with E-state index in [1.54, 1.807) is 18.2 Å². The zero-order valence-corrected chi connectivity index (χ0v) is 15.0. The molecular formula is C18H20Cl2N2O2. The minimum Gasteiger partial charge on any atom is -0.494 e. The Kier molecular flexibility index (Phi) is 7.37. The number of halogens is 2. The van der Waals surface area contributed by atoms with Crippen LogP contribution in [0.25, 0.3) is 0 Å². The zero-order chi connectivity index (χ0) is 17.4. The molecule has 0 aliphatic heterocycles. The summed E-state index contributed by atoms with van der Waals surface area (Å²) in [4.78, 5) is 14.0. The Morgan fingerprint density at radius 3 is 2.42 bits per heavy atom. The number of likely N-dealkylation sites (N-methyl/N-ethyl adjacent to an activating group) is 1. The molecule has 0 atom stereocenters. The van der Waals surface area contributed by atoms with Crippen LogP contribution in [0.15, 0.2) is 48.5 Å². The summed E-state index contributed by atoms with van der Waals surface area (Å²) >= 11 is 12.1. The molecule has 0 unspecified atom stereocenters. The molecule has 0 fully saturated rings. The van der Waals surface area contributed by atoms with Gasteiger partial charge in [-0.3, -0.25) is 9.69 Å². The third-order valence-corrected chi connectivity index (χ3v) is 3.97. The number of amides is 1. The molecule has 1 N–H and O–H groups in total. The minimum absolute atomic E-state index is 0.156. The van der Waals surface area contributed by atoms with Crippen LogP contribution in [-0.2, 0) is 4.79 Å². The largest absolute Gasteiger partial charge is 0.494 e. The maximum atomic E-state index is 12.1. The van der Waals surface area contributed by atoms with Crippen molar-refractivity contribution < 1.29 is 9.53 Å². The lowest BCUT2D eigenvalue weighted by atomic mass is 10.3. The van der Waals surface area contributed by atoms with Crippen LogP contribution >= 0.6 is 23.2 Å². The molecule has 0 aliphatic carbocycles. The summed E-state index contributed by atoms with van der Waals surface area (Å²) in [6.45, 7) is 1.61. The van der Waals surface area contributed by atoms with Crippen LogP contribution in [0.5, 0.6) is 5.75 Å². The first-order valence-corrected chi connectivity index (χ1v) is 8.42. The third kappa shape index (κ3) is 6.04. The van der Waals surface area contributed by atoms with Crippen molar-refractivity contribution in [2.75, 3.05) is 32.1 Å². The summed E-state index contributed by atoms with van der Waals surface area (Å²) in [5.74, 6) is 0.697. The van der Waals surface area contributed by atoms with Gasteiger partial charge in [0.15, 0.2) is 0 Å². The Labute approximate surface area is 152 Å². The summed E-state index contributed by atoms with van der Waals surface area (Å²) in [7, 11) is 1.89. The van der Waals surface area contributed by atoms with E-state index in [1.807, 2.05) is 42.3 Å². The maximum Gasteiger partial charge on any atom is 0.238 e. The van der Waals surface area contributed by atoms with Crippen molar-refractivity contribution in [1.82, 2.24) is 4.90 Å². The predicted octanol–water partition coefficient (Wildman–Crippen LogP) is 4.33. The molecule has 0 aromatic heterocycles. The molecule has 6 heteroatoms. The van der Waals surface area contributed by atoms with E-state index in [-0.39, 0.29) is 12.5 Å². The predicted molar refractivity (Wildman–Crippen MR) is 99.1 cm³/mol. The number of ether oxygens (including phenoxy) is 1. The van der Waals surface area contributed by atoms with E-state index in [0.29, 0.717) is 22.3 Å². The quantitative estimate of drug-likeness (QED) is 0.706. The summed E-state index contributed by atoms with van der Waals surface area (Å²) < 4.78 is 5.63. The van der Waals surface area contributed by atoms with Crippen molar-refractivity contribution in [3.63, 3.8) is 0 Å². The molecule has 0 aliphatic rings. The van der Waals surface area contributed by atoms with Crippen molar-refractivity contribution in [2.45, 2.75) is 6.42 Å². The van der Waals surface area contributed by atoms with E-state index in [1.165, 1.54) is 0 Å². The molecule has 24 heavy (non-hydrogen) atoms. The van der Waals surface area contributed by atoms with Crippen molar-refractivity contribution in [1.29, 1.82) is 0 Å². The third-order valence-electron chi connectivity index (χ3n) is 3.34. The number of nitrogens with zero attached hydrogens (tertiary/aromatic N) is 1. The van der Waals surface area contributed by atoms with Crippen LogP contribution in [-0.4, -0.2) is 37.6 Å². The summed E-state index contributed by atoms with van der Waals surface area (Å²) in [5.41, 5.74) is 0.451. The molecule has 4 nitrogen and oxygen atoms in total. The lowest BCUT2D eigenvalue weighted by Gasteiger charge is -2.17. The van der Waals surface area contributed by atoms with Crippen LogP contribution < -0.4 is 10.1 Å². The number of carbonyl (C=O) groups is 1. The maximum absolute atomic E-state index is 12.1. The number of carbonyl (C=O) groups excluding carboxylic acids is 1. The molecule has 0 radical (unpaired) electrons. The monoisotopic (exact) mass is 366 g/mol. The Bertz CT molecular complexity index is 645. The van der Waals surface area contributed by atoms with Crippen LogP contribution in [0.4, 0.5) is 5.69 Å². The van der Waals surface area contributed by atoms with Gasteiger partial charge in [0.1, 0.15) is 5.75 Å². The van der Waals surface area contributed by atoms with Gasteiger partial charge in [0, 0.05) is 6.54 Å². The molecule has 0 heterocycles. The fourth-order valence-corrected chi connectivity index (χ4v) is 2.65. The van der Waals surface area contributed by atoms with E-state index in [2.05, 4.69) is 5.32 Å². The number of hydrogen-bond acceptors (Lipinski definition) is 3. The molecule has 0 spiro atoms. The van der Waals surface area contributed by atoms with E-state index >= 15 is 0 Å². The van der Waals surface area contributed by atoms with E-state index in [9.17, 15) is 4.79 Å². The highest BCUT2D eigenvalue weighted by molar-refractivity contribution is 6.39. The number of rotatable bonds is 8. The summed E-state index contributed by atoms with van der Waals surface area (Å²) in [6.07, 6.45) is 0.825. The molecule has 0 bridgehead atoms. The standard InChI is InChI=1S/C18H20Cl2N2O2/c1-22(11-6-12-24-14-7-3-2-4-8-14)13-17(23)21-18-15(19)9-5-10-16(18)20/h2-5,7-10H,6,11-13H2,1H3,(H,21,23). The molecule has 0 saturated heterocycles. The second-order valence-electron chi connectivity index (χ2n) is 5.40. The topological polar surface area (TPSA) is 41.6 Å². The second kappa shape index (κ2) is 9.52.